The van der Waals surface area contributed by atoms with Crippen LogP contribution in [-0.2, 0) is 5.41 Å². The largest absolute Gasteiger partial charge is 0.497 e. The minimum atomic E-state index is 0.101. The van der Waals surface area contributed by atoms with Gasteiger partial charge in [-0.25, -0.2) is 0 Å². The molecular formula is C21H20ClNO. The number of nitrogens with one attached hydrogen (secondary N) is 1. The third kappa shape index (κ3) is 2.25. The molecule has 0 radical (unpaired) electrons. The molecule has 0 saturated heterocycles. The monoisotopic (exact) mass is 337 g/mol. The van der Waals surface area contributed by atoms with Gasteiger partial charge in [-0.3, -0.25) is 0 Å². The van der Waals surface area contributed by atoms with E-state index in [1.165, 1.54) is 10.9 Å². The second-order valence-corrected chi connectivity index (χ2v) is 7.74. The van der Waals surface area contributed by atoms with Crippen LogP contribution in [0, 0.1) is 0 Å². The Morgan fingerprint density at radius 1 is 0.958 bits per heavy atom. The SMILES string of the molecule is COc1ccc2cc(Cl)c3[nH]c4ccc(C(C)(C)C)cc4c3c2c1. The van der Waals surface area contributed by atoms with Crippen molar-refractivity contribution in [3.05, 3.63) is 53.1 Å². The van der Waals surface area contributed by atoms with E-state index < -0.39 is 0 Å². The van der Waals surface area contributed by atoms with Gasteiger partial charge < -0.3 is 9.72 Å². The van der Waals surface area contributed by atoms with E-state index in [1.807, 2.05) is 12.1 Å². The van der Waals surface area contributed by atoms with Crippen LogP contribution in [0.1, 0.15) is 26.3 Å². The molecular weight excluding hydrogens is 318 g/mol. The fourth-order valence-electron chi connectivity index (χ4n) is 3.33. The number of aromatic amines is 1. The number of benzene rings is 3. The summed E-state index contributed by atoms with van der Waals surface area (Å²) in [5.41, 5.74) is 3.50. The van der Waals surface area contributed by atoms with Crippen LogP contribution in [0.4, 0.5) is 0 Å². The summed E-state index contributed by atoms with van der Waals surface area (Å²) in [6, 6.07) is 14.8. The van der Waals surface area contributed by atoms with Crippen LogP contribution in [0.25, 0.3) is 32.6 Å². The highest BCUT2D eigenvalue weighted by atomic mass is 35.5. The first-order valence-electron chi connectivity index (χ1n) is 8.10. The van der Waals surface area contributed by atoms with Gasteiger partial charge in [-0.15, -0.1) is 0 Å². The van der Waals surface area contributed by atoms with E-state index in [4.69, 9.17) is 16.3 Å². The first-order valence-corrected chi connectivity index (χ1v) is 8.48. The third-order valence-electron chi connectivity index (χ3n) is 4.72. The van der Waals surface area contributed by atoms with E-state index in [2.05, 4.69) is 56.1 Å². The highest BCUT2D eigenvalue weighted by Gasteiger charge is 2.17. The van der Waals surface area contributed by atoms with Gasteiger partial charge >= 0.3 is 0 Å². The van der Waals surface area contributed by atoms with Gasteiger partial charge in [0.1, 0.15) is 5.75 Å². The molecule has 0 aliphatic rings. The lowest BCUT2D eigenvalue weighted by Gasteiger charge is -2.19. The van der Waals surface area contributed by atoms with Crippen molar-refractivity contribution in [2.24, 2.45) is 0 Å². The Hall–Kier alpha value is -2.19. The summed E-state index contributed by atoms with van der Waals surface area (Å²) in [7, 11) is 1.70. The van der Waals surface area contributed by atoms with Gasteiger partial charge in [0.2, 0.25) is 0 Å². The minimum Gasteiger partial charge on any atom is -0.497 e. The predicted molar refractivity (Wildman–Crippen MR) is 104 cm³/mol. The average Bonchev–Trinajstić information content (AvgIpc) is 2.93. The maximum Gasteiger partial charge on any atom is 0.119 e. The molecule has 0 fully saturated rings. The van der Waals surface area contributed by atoms with E-state index >= 15 is 0 Å². The molecule has 0 aliphatic heterocycles. The second-order valence-electron chi connectivity index (χ2n) is 7.33. The molecule has 1 aromatic heterocycles. The van der Waals surface area contributed by atoms with Crippen molar-refractivity contribution in [1.82, 2.24) is 4.98 Å². The zero-order valence-corrected chi connectivity index (χ0v) is 15.1. The summed E-state index contributed by atoms with van der Waals surface area (Å²) in [4.78, 5) is 3.48. The van der Waals surface area contributed by atoms with Crippen molar-refractivity contribution < 1.29 is 4.74 Å². The minimum absolute atomic E-state index is 0.101. The van der Waals surface area contributed by atoms with E-state index in [0.29, 0.717) is 0 Å². The fraction of sp³-hybridized carbons (Fsp3) is 0.238. The van der Waals surface area contributed by atoms with Crippen LogP contribution in [0.5, 0.6) is 5.75 Å². The van der Waals surface area contributed by atoms with Crippen molar-refractivity contribution in [3.63, 3.8) is 0 Å². The zero-order valence-electron chi connectivity index (χ0n) is 14.3. The van der Waals surface area contributed by atoms with Gasteiger partial charge in [0.25, 0.3) is 0 Å². The molecule has 0 spiro atoms. The number of fused-ring (bicyclic) bond motifs is 5. The summed E-state index contributed by atoms with van der Waals surface area (Å²) in [6.45, 7) is 6.70. The molecule has 0 saturated carbocycles. The van der Waals surface area contributed by atoms with Crippen LogP contribution < -0.4 is 4.74 Å². The number of halogens is 1. The van der Waals surface area contributed by atoms with Gasteiger partial charge in [0.05, 0.1) is 17.6 Å². The molecule has 4 rings (SSSR count). The molecule has 0 amide bonds. The summed E-state index contributed by atoms with van der Waals surface area (Å²) in [5.74, 6) is 0.854. The molecule has 3 heteroatoms. The molecule has 0 unspecified atom stereocenters. The van der Waals surface area contributed by atoms with Crippen LogP contribution in [-0.4, -0.2) is 12.1 Å². The molecule has 4 aromatic rings. The molecule has 0 atom stereocenters. The first-order chi connectivity index (χ1) is 11.4. The quantitative estimate of drug-likeness (QED) is 0.425. The molecule has 1 heterocycles. The smallest absolute Gasteiger partial charge is 0.119 e. The number of aromatic nitrogens is 1. The van der Waals surface area contributed by atoms with Gasteiger partial charge in [0, 0.05) is 16.3 Å². The van der Waals surface area contributed by atoms with E-state index in [-0.39, 0.29) is 5.41 Å². The van der Waals surface area contributed by atoms with Crippen molar-refractivity contribution in [2.45, 2.75) is 26.2 Å². The third-order valence-corrected chi connectivity index (χ3v) is 5.01. The van der Waals surface area contributed by atoms with Gasteiger partial charge in [-0.2, -0.15) is 0 Å². The summed E-state index contributed by atoms with van der Waals surface area (Å²) in [5, 5.41) is 5.40. The van der Waals surface area contributed by atoms with Crippen molar-refractivity contribution in [3.8, 4) is 5.75 Å². The Bertz CT molecular complexity index is 1090. The molecule has 0 bridgehead atoms. The lowest BCUT2D eigenvalue weighted by atomic mass is 9.86. The second kappa shape index (κ2) is 5.15. The number of methoxy groups -OCH3 is 1. The molecule has 24 heavy (non-hydrogen) atoms. The Morgan fingerprint density at radius 3 is 2.46 bits per heavy atom. The number of rotatable bonds is 1. The van der Waals surface area contributed by atoms with Gasteiger partial charge in [-0.05, 0) is 52.1 Å². The van der Waals surface area contributed by atoms with E-state index in [1.54, 1.807) is 7.11 Å². The van der Waals surface area contributed by atoms with Crippen LogP contribution in [0.3, 0.4) is 0 Å². The van der Waals surface area contributed by atoms with E-state index in [9.17, 15) is 0 Å². The van der Waals surface area contributed by atoms with Gasteiger partial charge in [0.15, 0.2) is 0 Å². The Balaban J connectivity index is 2.20. The first kappa shape index (κ1) is 15.3. The number of H-pyrrole nitrogens is 1. The topological polar surface area (TPSA) is 25.0 Å². The summed E-state index contributed by atoms with van der Waals surface area (Å²) >= 11 is 6.55. The Morgan fingerprint density at radius 2 is 1.75 bits per heavy atom. The predicted octanol–water partition coefficient (Wildman–Crippen LogP) is 6.43. The van der Waals surface area contributed by atoms with Gasteiger partial charge in [-0.1, -0.05) is 44.5 Å². The number of hydrogen-bond donors (Lipinski definition) is 1. The number of hydrogen-bond acceptors (Lipinski definition) is 1. The van der Waals surface area contributed by atoms with Crippen molar-refractivity contribution in [2.75, 3.05) is 7.11 Å². The van der Waals surface area contributed by atoms with Crippen LogP contribution in [0.2, 0.25) is 5.02 Å². The Kier molecular flexibility index (Phi) is 3.29. The van der Waals surface area contributed by atoms with Crippen LogP contribution in [0.15, 0.2) is 42.5 Å². The standard InChI is InChI=1S/C21H20ClNO/c1-21(2,3)13-6-8-18-16(10-13)19-15-11-14(24-4)7-5-12(15)9-17(22)20(19)23-18/h5-11,23H,1-4H3. The highest BCUT2D eigenvalue weighted by Crippen LogP contribution is 2.39. The lowest BCUT2D eigenvalue weighted by molar-refractivity contribution is 0.415. The zero-order chi connectivity index (χ0) is 17.1. The highest BCUT2D eigenvalue weighted by molar-refractivity contribution is 6.39. The fourth-order valence-corrected chi connectivity index (χ4v) is 3.59. The Labute approximate surface area is 146 Å². The molecule has 2 nitrogen and oxygen atoms in total. The van der Waals surface area contributed by atoms with Crippen LogP contribution >= 0.6 is 11.6 Å². The maximum absolute atomic E-state index is 6.55. The molecule has 1 N–H and O–H groups in total. The molecule has 122 valence electrons. The summed E-state index contributed by atoms with van der Waals surface area (Å²) < 4.78 is 5.42. The number of ether oxygens (including phenoxy) is 1. The van der Waals surface area contributed by atoms with Crippen molar-refractivity contribution in [1.29, 1.82) is 0 Å². The molecule has 0 aliphatic carbocycles. The summed E-state index contributed by atoms with van der Waals surface area (Å²) in [6.07, 6.45) is 0. The molecule has 3 aromatic carbocycles. The van der Waals surface area contributed by atoms with E-state index in [0.717, 1.165) is 38.0 Å². The maximum atomic E-state index is 6.55. The average molecular weight is 338 g/mol. The lowest BCUT2D eigenvalue weighted by Crippen LogP contribution is -2.10. The normalized spacial score (nSPS) is 12.4. The van der Waals surface area contributed by atoms with Crippen molar-refractivity contribution >= 4 is 44.2 Å².